The third kappa shape index (κ3) is 3.62. The van der Waals surface area contributed by atoms with Gasteiger partial charge in [0.25, 0.3) is 0 Å². The first kappa shape index (κ1) is 18.1. The maximum absolute atomic E-state index is 11.6. The topological polar surface area (TPSA) is 153 Å². The second kappa shape index (κ2) is 7.34. The molecule has 0 saturated heterocycles. The van der Waals surface area contributed by atoms with Gasteiger partial charge in [0, 0.05) is 17.8 Å². The van der Waals surface area contributed by atoms with Crippen LogP contribution in [-0.4, -0.2) is 54.7 Å². The zero-order valence-electron chi connectivity index (χ0n) is 11.7. The SMILES string of the molecule is Nc1nc([O-])c2ncn(CCC(CO)(CO)CO)c2n1.[Na+]. The monoisotopic (exact) mass is 305 g/mol. The third-order valence-corrected chi connectivity index (χ3v) is 3.34. The number of nitrogen functional groups attached to an aromatic ring is 1. The van der Waals surface area contributed by atoms with E-state index >= 15 is 0 Å². The van der Waals surface area contributed by atoms with Gasteiger partial charge in [-0.25, -0.2) is 9.97 Å². The summed E-state index contributed by atoms with van der Waals surface area (Å²) in [6, 6.07) is 0. The van der Waals surface area contributed by atoms with Gasteiger partial charge in [-0.3, -0.25) is 0 Å². The number of rotatable bonds is 6. The maximum atomic E-state index is 11.6. The number of aliphatic hydroxyl groups is 3. The number of aryl methyl sites for hydroxylation is 1. The van der Waals surface area contributed by atoms with Gasteiger partial charge < -0.3 is 30.7 Å². The summed E-state index contributed by atoms with van der Waals surface area (Å²) in [6.07, 6.45) is 1.71. The summed E-state index contributed by atoms with van der Waals surface area (Å²) in [6.45, 7) is -0.738. The minimum atomic E-state index is -0.991. The number of anilines is 1. The molecule has 0 aromatic carbocycles. The van der Waals surface area contributed by atoms with Gasteiger partial charge in [0.05, 0.1) is 26.1 Å². The van der Waals surface area contributed by atoms with Crippen molar-refractivity contribution in [1.29, 1.82) is 0 Å². The fourth-order valence-electron chi connectivity index (χ4n) is 1.84. The molecule has 2 heterocycles. The molecule has 21 heavy (non-hydrogen) atoms. The van der Waals surface area contributed by atoms with Gasteiger partial charge in [0.1, 0.15) is 5.52 Å². The van der Waals surface area contributed by atoms with Crippen molar-refractivity contribution < 1.29 is 50.0 Å². The number of hydrogen-bond donors (Lipinski definition) is 4. The van der Waals surface area contributed by atoms with Crippen LogP contribution in [0.25, 0.3) is 11.2 Å². The second-order valence-electron chi connectivity index (χ2n) is 4.72. The van der Waals surface area contributed by atoms with Crippen molar-refractivity contribution in [1.82, 2.24) is 19.5 Å². The van der Waals surface area contributed by atoms with Gasteiger partial charge in [-0.1, -0.05) is 0 Å². The molecular formula is C11H16N5NaO4. The van der Waals surface area contributed by atoms with E-state index in [9.17, 15) is 20.4 Å². The summed E-state index contributed by atoms with van der Waals surface area (Å²) in [5.74, 6) is -0.689. The van der Waals surface area contributed by atoms with Crippen LogP contribution in [0.5, 0.6) is 5.88 Å². The molecular weight excluding hydrogens is 289 g/mol. The Kier molecular flexibility index (Phi) is 6.32. The molecule has 2 aromatic heterocycles. The van der Waals surface area contributed by atoms with E-state index in [-0.39, 0.29) is 60.8 Å². The molecule has 0 fully saturated rings. The second-order valence-corrected chi connectivity index (χ2v) is 4.72. The van der Waals surface area contributed by atoms with E-state index in [0.717, 1.165) is 0 Å². The van der Waals surface area contributed by atoms with Crippen LogP contribution in [0, 0.1) is 5.41 Å². The van der Waals surface area contributed by atoms with E-state index < -0.39 is 11.3 Å². The molecule has 0 saturated carbocycles. The van der Waals surface area contributed by atoms with Gasteiger partial charge in [0.2, 0.25) is 5.95 Å². The average molecular weight is 305 g/mol. The molecule has 2 rings (SSSR count). The number of hydrogen-bond acceptors (Lipinski definition) is 8. The molecule has 0 bridgehead atoms. The molecule has 0 amide bonds. The third-order valence-electron chi connectivity index (χ3n) is 3.34. The molecule has 2 aromatic rings. The number of aliphatic hydroxyl groups excluding tert-OH is 3. The predicted octanol–water partition coefficient (Wildman–Crippen LogP) is -5.16. The molecule has 0 unspecified atom stereocenters. The van der Waals surface area contributed by atoms with Crippen molar-refractivity contribution in [2.24, 2.45) is 5.41 Å². The Hall–Kier alpha value is -0.970. The normalized spacial score (nSPS) is 11.6. The van der Waals surface area contributed by atoms with Crippen LogP contribution in [0.2, 0.25) is 0 Å². The van der Waals surface area contributed by atoms with Crippen LogP contribution in [0.4, 0.5) is 5.95 Å². The van der Waals surface area contributed by atoms with Gasteiger partial charge in [-0.15, -0.1) is 0 Å². The van der Waals surface area contributed by atoms with Crippen LogP contribution in [0.15, 0.2) is 6.33 Å². The Morgan fingerprint density at radius 2 is 1.81 bits per heavy atom. The van der Waals surface area contributed by atoms with Crippen LogP contribution in [0.1, 0.15) is 6.42 Å². The number of aromatic nitrogens is 4. The Labute approximate surface area is 142 Å². The van der Waals surface area contributed by atoms with Crippen molar-refractivity contribution in [3.8, 4) is 5.88 Å². The molecule has 0 spiro atoms. The largest absolute Gasteiger partial charge is 1.00 e. The molecule has 9 nitrogen and oxygen atoms in total. The zero-order valence-corrected chi connectivity index (χ0v) is 13.7. The fourth-order valence-corrected chi connectivity index (χ4v) is 1.84. The van der Waals surface area contributed by atoms with E-state index in [1.807, 2.05) is 0 Å². The van der Waals surface area contributed by atoms with Crippen molar-refractivity contribution in [2.75, 3.05) is 25.6 Å². The molecule has 0 atom stereocenters. The van der Waals surface area contributed by atoms with Crippen molar-refractivity contribution in [3.63, 3.8) is 0 Å². The van der Waals surface area contributed by atoms with Crippen LogP contribution in [-0.2, 0) is 6.54 Å². The Morgan fingerprint density at radius 3 is 2.38 bits per heavy atom. The maximum Gasteiger partial charge on any atom is 1.00 e. The summed E-state index contributed by atoms with van der Waals surface area (Å²) in [7, 11) is 0. The minimum absolute atomic E-state index is 0. The van der Waals surface area contributed by atoms with Crippen LogP contribution in [0.3, 0.4) is 0 Å². The summed E-state index contributed by atoms with van der Waals surface area (Å²) in [4.78, 5) is 11.4. The quantitative estimate of drug-likeness (QED) is 0.386. The smallest absolute Gasteiger partial charge is 0.857 e. The first-order chi connectivity index (χ1) is 9.55. The van der Waals surface area contributed by atoms with E-state index in [4.69, 9.17) is 5.73 Å². The summed E-state index contributed by atoms with van der Waals surface area (Å²) in [5, 5.41) is 39.4. The number of fused-ring (bicyclic) bond motifs is 1. The first-order valence-electron chi connectivity index (χ1n) is 6.03. The molecule has 10 heteroatoms. The van der Waals surface area contributed by atoms with Gasteiger partial charge in [-0.05, 0) is 6.42 Å². The van der Waals surface area contributed by atoms with E-state index in [0.29, 0.717) is 18.6 Å². The minimum Gasteiger partial charge on any atom is -0.857 e. The zero-order chi connectivity index (χ0) is 14.8. The van der Waals surface area contributed by atoms with E-state index in [2.05, 4.69) is 15.0 Å². The van der Waals surface area contributed by atoms with Gasteiger partial charge in [-0.2, -0.15) is 4.98 Å². The predicted molar refractivity (Wildman–Crippen MR) is 67.5 cm³/mol. The summed E-state index contributed by atoms with van der Waals surface area (Å²) in [5.41, 5.74) is 4.85. The van der Waals surface area contributed by atoms with Gasteiger partial charge in [0.15, 0.2) is 5.65 Å². The van der Waals surface area contributed by atoms with Crippen molar-refractivity contribution >= 4 is 17.1 Å². The molecule has 110 valence electrons. The molecule has 0 radical (unpaired) electrons. The number of nitrogens with two attached hydrogens (primary N) is 1. The Bertz CT molecular complexity index is 593. The summed E-state index contributed by atoms with van der Waals surface area (Å²) < 4.78 is 1.57. The molecule has 0 aliphatic carbocycles. The van der Waals surface area contributed by atoms with E-state index in [1.165, 1.54) is 6.33 Å². The molecule has 5 N–H and O–H groups in total. The number of nitrogens with zero attached hydrogens (tertiary/aromatic N) is 4. The number of imidazole rings is 1. The van der Waals surface area contributed by atoms with Crippen LogP contribution < -0.4 is 40.4 Å². The summed E-state index contributed by atoms with van der Waals surface area (Å²) >= 11 is 0. The Balaban J connectivity index is 0.00000220. The van der Waals surface area contributed by atoms with E-state index in [1.54, 1.807) is 4.57 Å². The molecule has 0 aliphatic heterocycles. The van der Waals surface area contributed by atoms with Crippen molar-refractivity contribution in [2.45, 2.75) is 13.0 Å². The molecule has 0 aliphatic rings. The first-order valence-corrected chi connectivity index (χ1v) is 6.03. The van der Waals surface area contributed by atoms with Gasteiger partial charge >= 0.3 is 29.6 Å². The van der Waals surface area contributed by atoms with Crippen LogP contribution >= 0.6 is 0 Å². The average Bonchev–Trinajstić information content (AvgIpc) is 2.84. The van der Waals surface area contributed by atoms with Crippen molar-refractivity contribution in [3.05, 3.63) is 6.33 Å². The standard InChI is InChI=1S/C11H17N5O4.Na/c12-10-14-8-7(9(20)15-10)13-6-16(8)2-1-11(3-17,4-18)5-19;/h6,17-19H,1-5H2,(H3,12,14,15,20);/q;+1/p-1. The fraction of sp³-hybridized carbons (Fsp3) is 0.545. The Morgan fingerprint density at radius 1 is 1.19 bits per heavy atom.